The molecular formula is C24H34OS. The van der Waals surface area contributed by atoms with Gasteiger partial charge < -0.3 is 4.74 Å². The Morgan fingerprint density at radius 2 is 1.62 bits per heavy atom. The van der Waals surface area contributed by atoms with Gasteiger partial charge in [-0.15, -0.1) is 0 Å². The standard InChI is InChI=1S/C24H34OS/c1-7-8-16-25-21-15-14-19(24(5,6)18-23(2,3)4)17-22(21)26-20-12-10-9-11-13-20/h9-15,17H,7-8,16,18H2,1-6H3. The van der Waals surface area contributed by atoms with E-state index in [1.54, 1.807) is 11.8 Å². The van der Waals surface area contributed by atoms with Crippen LogP contribution in [0.2, 0.25) is 0 Å². The maximum atomic E-state index is 6.10. The lowest BCUT2D eigenvalue weighted by molar-refractivity contribution is 0.282. The Morgan fingerprint density at radius 3 is 2.23 bits per heavy atom. The Hall–Kier alpha value is -1.41. The van der Waals surface area contributed by atoms with Crippen LogP contribution in [0.1, 0.15) is 66.4 Å². The van der Waals surface area contributed by atoms with Gasteiger partial charge in [-0.05, 0) is 53.5 Å². The summed E-state index contributed by atoms with van der Waals surface area (Å²) in [4.78, 5) is 2.46. The van der Waals surface area contributed by atoms with Crippen LogP contribution >= 0.6 is 11.8 Å². The van der Waals surface area contributed by atoms with Gasteiger partial charge in [0.25, 0.3) is 0 Å². The summed E-state index contributed by atoms with van der Waals surface area (Å²) in [7, 11) is 0. The molecule has 2 aromatic rings. The Balaban J connectivity index is 2.33. The summed E-state index contributed by atoms with van der Waals surface area (Å²) in [5, 5.41) is 0. The van der Waals surface area contributed by atoms with Crippen molar-refractivity contribution in [2.45, 2.75) is 76.0 Å². The highest BCUT2D eigenvalue weighted by atomic mass is 32.2. The molecule has 0 aliphatic rings. The summed E-state index contributed by atoms with van der Waals surface area (Å²) < 4.78 is 6.10. The molecule has 0 radical (unpaired) electrons. The van der Waals surface area contributed by atoms with Crippen LogP contribution in [-0.4, -0.2) is 6.61 Å². The van der Waals surface area contributed by atoms with Crippen molar-refractivity contribution < 1.29 is 4.74 Å². The van der Waals surface area contributed by atoms with Gasteiger partial charge in [-0.25, -0.2) is 0 Å². The molecule has 2 rings (SSSR count). The second-order valence-corrected chi connectivity index (χ2v) is 10.0. The van der Waals surface area contributed by atoms with E-state index in [1.807, 2.05) is 0 Å². The molecule has 0 bridgehead atoms. The maximum Gasteiger partial charge on any atom is 0.133 e. The highest BCUT2D eigenvalue weighted by Crippen LogP contribution is 2.41. The fourth-order valence-corrected chi connectivity index (χ4v) is 4.46. The smallest absolute Gasteiger partial charge is 0.133 e. The Labute approximate surface area is 164 Å². The average Bonchev–Trinajstić information content (AvgIpc) is 2.55. The first-order chi connectivity index (χ1) is 12.2. The second-order valence-electron chi connectivity index (χ2n) is 8.90. The average molecular weight is 371 g/mol. The third-order valence-electron chi connectivity index (χ3n) is 4.42. The highest BCUT2D eigenvalue weighted by Gasteiger charge is 2.28. The number of ether oxygens (including phenoxy) is 1. The molecule has 0 heterocycles. The summed E-state index contributed by atoms with van der Waals surface area (Å²) in [6.07, 6.45) is 3.38. The van der Waals surface area contributed by atoms with Crippen LogP contribution in [0.5, 0.6) is 5.75 Å². The fourth-order valence-electron chi connectivity index (χ4n) is 3.50. The predicted octanol–water partition coefficient (Wildman–Crippen LogP) is 7.73. The fraction of sp³-hybridized carbons (Fsp3) is 0.500. The molecule has 0 amide bonds. The van der Waals surface area contributed by atoms with Crippen LogP contribution in [0.25, 0.3) is 0 Å². The van der Waals surface area contributed by atoms with E-state index in [-0.39, 0.29) is 5.41 Å². The molecule has 0 N–H and O–H groups in total. The molecule has 0 spiro atoms. The molecule has 0 fully saturated rings. The van der Waals surface area contributed by atoms with Crippen molar-refractivity contribution in [3.05, 3.63) is 54.1 Å². The van der Waals surface area contributed by atoms with Gasteiger partial charge in [0.2, 0.25) is 0 Å². The molecule has 0 aliphatic carbocycles. The summed E-state index contributed by atoms with van der Waals surface area (Å²) in [6.45, 7) is 14.6. The van der Waals surface area contributed by atoms with Crippen molar-refractivity contribution in [2.75, 3.05) is 6.61 Å². The van der Waals surface area contributed by atoms with E-state index in [0.29, 0.717) is 5.41 Å². The first kappa shape index (κ1) is 20.9. The van der Waals surface area contributed by atoms with E-state index in [4.69, 9.17) is 4.74 Å². The second kappa shape index (κ2) is 8.99. The molecule has 2 aromatic carbocycles. The van der Waals surface area contributed by atoms with E-state index in [9.17, 15) is 0 Å². The summed E-state index contributed by atoms with van der Waals surface area (Å²) in [5.74, 6) is 1.00. The van der Waals surface area contributed by atoms with Gasteiger partial charge in [0.05, 0.1) is 11.5 Å². The first-order valence-electron chi connectivity index (χ1n) is 9.71. The molecule has 26 heavy (non-hydrogen) atoms. The predicted molar refractivity (Wildman–Crippen MR) is 115 cm³/mol. The molecule has 2 heteroatoms. The topological polar surface area (TPSA) is 9.23 Å². The molecular weight excluding hydrogens is 336 g/mol. The van der Waals surface area contributed by atoms with Gasteiger partial charge in [-0.3, -0.25) is 0 Å². The zero-order valence-corrected chi connectivity index (χ0v) is 18.1. The lowest BCUT2D eigenvalue weighted by Gasteiger charge is -2.33. The van der Waals surface area contributed by atoms with Crippen molar-refractivity contribution in [3.63, 3.8) is 0 Å². The molecule has 0 saturated carbocycles. The zero-order chi connectivity index (χ0) is 19.2. The van der Waals surface area contributed by atoms with Crippen LogP contribution in [0.3, 0.4) is 0 Å². The van der Waals surface area contributed by atoms with E-state index < -0.39 is 0 Å². The Bertz CT molecular complexity index is 683. The monoisotopic (exact) mass is 370 g/mol. The molecule has 0 aliphatic heterocycles. The third-order valence-corrected chi connectivity index (χ3v) is 5.47. The number of hydrogen-bond acceptors (Lipinski definition) is 2. The zero-order valence-electron chi connectivity index (χ0n) is 17.3. The van der Waals surface area contributed by atoms with Gasteiger partial charge >= 0.3 is 0 Å². The lowest BCUT2D eigenvalue weighted by atomic mass is 9.72. The van der Waals surface area contributed by atoms with E-state index in [0.717, 1.165) is 31.6 Å². The lowest BCUT2D eigenvalue weighted by Crippen LogP contribution is -2.24. The minimum Gasteiger partial charge on any atom is -0.492 e. The Kier molecular flexibility index (Phi) is 7.23. The van der Waals surface area contributed by atoms with Crippen molar-refractivity contribution in [1.82, 2.24) is 0 Å². The summed E-state index contributed by atoms with van der Waals surface area (Å²) in [6, 6.07) is 17.3. The van der Waals surface area contributed by atoms with Gasteiger partial charge in [-0.2, -0.15) is 0 Å². The minimum absolute atomic E-state index is 0.131. The number of unbranched alkanes of at least 4 members (excludes halogenated alkanes) is 1. The van der Waals surface area contributed by atoms with Crippen molar-refractivity contribution >= 4 is 11.8 Å². The molecule has 1 nitrogen and oxygen atoms in total. The van der Waals surface area contributed by atoms with Crippen molar-refractivity contribution in [1.29, 1.82) is 0 Å². The van der Waals surface area contributed by atoms with Gasteiger partial charge in [0.1, 0.15) is 5.75 Å². The summed E-state index contributed by atoms with van der Waals surface area (Å²) >= 11 is 1.80. The molecule has 0 aromatic heterocycles. The van der Waals surface area contributed by atoms with Gasteiger partial charge in [-0.1, -0.05) is 84.0 Å². The van der Waals surface area contributed by atoms with Crippen LogP contribution in [0.4, 0.5) is 0 Å². The number of hydrogen-bond donors (Lipinski definition) is 0. The van der Waals surface area contributed by atoms with Gasteiger partial charge in [0.15, 0.2) is 0 Å². The highest BCUT2D eigenvalue weighted by molar-refractivity contribution is 7.99. The SMILES string of the molecule is CCCCOc1ccc(C(C)(C)CC(C)(C)C)cc1Sc1ccccc1. The van der Waals surface area contributed by atoms with Crippen LogP contribution in [0.15, 0.2) is 58.3 Å². The third kappa shape index (κ3) is 6.39. The number of benzene rings is 2. The normalized spacial score (nSPS) is 12.2. The Morgan fingerprint density at radius 1 is 0.923 bits per heavy atom. The maximum absolute atomic E-state index is 6.10. The van der Waals surface area contributed by atoms with Crippen LogP contribution in [-0.2, 0) is 5.41 Å². The quantitative estimate of drug-likeness (QED) is 0.440. The van der Waals surface area contributed by atoms with E-state index in [2.05, 4.69) is 90.1 Å². The minimum atomic E-state index is 0.131. The molecule has 0 unspecified atom stereocenters. The molecule has 142 valence electrons. The van der Waals surface area contributed by atoms with Crippen LogP contribution in [0, 0.1) is 5.41 Å². The largest absolute Gasteiger partial charge is 0.492 e. The van der Waals surface area contributed by atoms with Crippen molar-refractivity contribution in [3.8, 4) is 5.75 Å². The van der Waals surface area contributed by atoms with Crippen LogP contribution < -0.4 is 4.74 Å². The number of rotatable bonds is 8. The summed E-state index contributed by atoms with van der Waals surface area (Å²) in [5.41, 5.74) is 1.81. The molecule has 0 saturated heterocycles. The van der Waals surface area contributed by atoms with E-state index in [1.165, 1.54) is 15.4 Å². The van der Waals surface area contributed by atoms with E-state index >= 15 is 0 Å². The molecule has 0 atom stereocenters. The van der Waals surface area contributed by atoms with Gasteiger partial charge in [0, 0.05) is 4.90 Å². The first-order valence-corrected chi connectivity index (χ1v) is 10.5. The van der Waals surface area contributed by atoms with Crippen molar-refractivity contribution in [2.24, 2.45) is 5.41 Å².